The van der Waals surface area contributed by atoms with Crippen LogP contribution in [0.4, 0.5) is 8.78 Å². The molecule has 0 aliphatic heterocycles. The Morgan fingerprint density at radius 1 is 1.21 bits per heavy atom. The first kappa shape index (κ1) is 12.3. The largest absolute Gasteiger partial charge is 0.441 e. The minimum atomic E-state index is -2.10. The molecule has 1 aromatic carbocycles. The highest BCUT2D eigenvalue weighted by Crippen LogP contribution is 2.36. The van der Waals surface area contributed by atoms with Crippen molar-refractivity contribution in [2.24, 2.45) is 0 Å². The summed E-state index contributed by atoms with van der Waals surface area (Å²) in [5.41, 5.74) is 0. The maximum atomic E-state index is 13.1. The summed E-state index contributed by atoms with van der Waals surface area (Å²) in [4.78, 5) is 0. The molecule has 0 saturated carbocycles. The summed E-state index contributed by atoms with van der Waals surface area (Å²) < 4.78 is 28.2. The van der Waals surface area contributed by atoms with Gasteiger partial charge >= 0.3 is 3.98 Å². The van der Waals surface area contributed by atoms with Crippen LogP contribution in [0, 0.1) is 11.6 Å². The fourth-order valence-electron chi connectivity index (χ4n) is 0.742. The molecule has 1 nitrogen and oxygen atoms in total. The second-order valence-electron chi connectivity index (χ2n) is 2.25. The number of hydrogen-bond acceptors (Lipinski definition) is 1. The summed E-state index contributed by atoms with van der Waals surface area (Å²) in [6.07, 6.45) is 0. The summed E-state index contributed by atoms with van der Waals surface area (Å²) in [5, 5.41) is 0. The number of ether oxygens (including phenoxy) is 1. The van der Waals surface area contributed by atoms with Crippen molar-refractivity contribution in [3.8, 4) is 5.75 Å². The predicted molar refractivity (Wildman–Crippen MR) is 55.0 cm³/mol. The van der Waals surface area contributed by atoms with Crippen LogP contribution in [0.25, 0.3) is 0 Å². The van der Waals surface area contributed by atoms with Crippen LogP contribution < -0.4 is 4.74 Å². The summed E-state index contributed by atoms with van der Waals surface area (Å²) in [6.45, 7) is 0. The highest BCUT2D eigenvalue weighted by Gasteiger charge is 2.25. The third kappa shape index (κ3) is 3.42. The monoisotopic (exact) mass is 324 g/mol. The molecule has 0 N–H and O–H groups in total. The van der Waals surface area contributed by atoms with Gasteiger partial charge in [-0.05, 0) is 56.8 Å². The van der Waals surface area contributed by atoms with Crippen LogP contribution in [-0.2, 0) is 0 Å². The van der Waals surface area contributed by atoms with Crippen LogP contribution in [0.15, 0.2) is 16.6 Å². The van der Waals surface area contributed by atoms with Gasteiger partial charge in [0.05, 0.1) is 4.47 Å². The Balaban J connectivity index is 3.09. The Kier molecular flexibility index (Phi) is 3.86. The average molecular weight is 326 g/mol. The van der Waals surface area contributed by atoms with Gasteiger partial charge in [0.1, 0.15) is 5.82 Å². The number of rotatable bonds is 1. The van der Waals surface area contributed by atoms with Gasteiger partial charge in [-0.15, -0.1) is 0 Å². The summed E-state index contributed by atoms with van der Waals surface area (Å²) >= 11 is 18.7. The molecule has 0 amide bonds. The van der Waals surface area contributed by atoms with Gasteiger partial charge in [0, 0.05) is 6.07 Å². The molecule has 0 unspecified atom stereocenters. The maximum Gasteiger partial charge on any atom is 0.338 e. The number of benzene rings is 1. The molecule has 78 valence electrons. The molecule has 0 bridgehead atoms. The highest BCUT2D eigenvalue weighted by molar-refractivity contribution is 9.10. The molecule has 0 atom stereocenters. The molecule has 0 fully saturated rings. The molecule has 1 aromatic rings. The lowest BCUT2D eigenvalue weighted by Crippen LogP contribution is -2.14. The minimum Gasteiger partial charge on any atom is -0.441 e. The van der Waals surface area contributed by atoms with Gasteiger partial charge in [-0.2, -0.15) is 0 Å². The fourth-order valence-corrected chi connectivity index (χ4v) is 1.46. The van der Waals surface area contributed by atoms with Gasteiger partial charge in [0.15, 0.2) is 11.6 Å². The van der Waals surface area contributed by atoms with Crippen molar-refractivity contribution in [3.05, 3.63) is 28.2 Å². The zero-order chi connectivity index (χ0) is 10.9. The Hall–Kier alpha value is 0.230. The van der Waals surface area contributed by atoms with Gasteiger partial charge in [-0.25, -0.2) is 8.78 Å². The highest BCUT2D eigenvalue weighted by atomic mass is 79.9. The van der Waals surface area contributed by atoms with Gasteiger partial charge < -0.3 is 4.74 Å². The minimum absolute atomic E-state index is 0.0290. The van der Waals surface area contributed by atoms with Crippen molar-refractivity contribution < 1.29 is 13.5 Å². The first-order valence-corrected chi connectivity index (χ1v) is 5.12. The Bertz CT molecular complexity index is 330. The molecule has 0 spiro atoms. The lowest BCUT2D eigenvalue weighted by Gasteiger charge is -2.15. The lowest BCUT2D eigenvalue weighted by atomic mass is 10.3. The van der Waals surface area contributed by atoms with Crippen molar-refractivity contribution in [3.63, 3.8) is 0 Å². The zero-order valence-electron chi connectivity index (χ0n) is 6.33. The molecule has 0 radical (unpaired) electrons. The predicted octanol–water partition coefficient (Wildman–Crippen LogP) is 4.43. The van der Waals surface area contributed by atoms with Crippen LogP contribution in [0.2, 0.25) is 0 Å². The second-order valence-corrected chi connectivity index (χ2v) is 5.28. The van der Waals surface area contributed by atoms with Crippen LogP contribution in [0.3, 0.4) is 0 Å². The molecular formula is C7H2BrCl3F2O. The molecule has 0 aromatic heterocycles. The van der Waals surface area contributed by atoms with Gasteiger partial charge in [-0.1, -0.05) is 0 Å². The van der Waals surface area contributed by atoms with Crippen molar-refractivity contribution in [1.82, 2.24) is 0 Å². The first-order chi connectivity index (χ1) is 6.29. The third-order valence-corrected chi connectivity index (χ3v) is 2.00. The first-order valence-electron chi connectivity index (χ1n) is 3.20. The lowest BCUT2D eigenvalue weighted by molar-refractivity contribution is 0.300. The number of alkyl halides is 3. The van der Waals surface area contributed by atoms with E-state index in [-0.39, 0.29) is 10.2 Å². The standard InChI is InChI=1S/C7H2BrCl3F2O/c8-4-1-3(12)2-5(13)6(4)14-7(9,10)11/h1-2H. The van der Waals surface area contributed by atoms with Gasteiger partial charge in [0.2, 0.25) is 0 Å². The quantitative estimate of drug-likeness (QED) is 0.694. The molecule has 14 heavy (non-hydrogen) atoms. The summed E-state index contributed by atoms with van der Waals surface area (Å²) in [5.74, 6) is -2.07. The average Bonchev–Trinajstić information content (AvgIpc) is 1.95. The van der Waals surface area contributed by atoms with Crippen molar-refractivity contribution >= 4 is 50.7 Å². The third-order valence-electron chi connectivity index (χ3n) is 1.18. The molecule has 1 rings (SSSR count). The molecular weight excluding hydrogens is 324 g/mol. The fraction of sp³-hybridized carbons (Fsp3) is 0.143. The SMILES string of the molecule is Fc1cc(F)c(OC(Cl)(Cl)Cl)c(Br)c1. The van der Waals surface area contributed by atoms with Gasteiger partial charge in [0.25, 0.3) is 0 Å². The molecule has 0 saturated heterocycles. The Morgan fingerprint density at radius 2 is 1.79 bits per heavy atom. The number of hydrogen-bond donors (Lipinski definition) is 0. The van der Waals surface area contributed by atoms with Crippen LogP contribution in [0.5, 0.6) is 5.75 Å². The van der Waals surface area contributed by atoms with E-state index in [1.54, 1.807) is 0 Å². The normalized spacial score (nSPS) is 11.6. The molecule has 0 aliphatic rings. The summed E-state index contributed by atoms with van der Waals surface area (Å²) in [6, 6.07) is 1.62. The van der Waals surface area contributed by atoms with E-state index in [0.29, 0.717) is 6.07 Å². The Labute approximate surface area is 102 Å². The van der Waals surface area contributed by atoms with Crippen molar-refractivity contribution in [2.75, 3.05) is 0 Å². The summed E-state index contributed by atoms with van der Waals surface area (Å²) in [7, 11) is 0. The van der Waals surface area contributed by atoms with E-state index < -0.39 is 15.6 Å². The molecule has 0 heterocycles. The van der Waals surface area contributed by atoms with E-state index in [0.717, 1.165) is 6.07 Å². The van der Waals surface area contributed by atoms with Gasteiger partial charge in [-0.3, -0.25) is 0 Å². The zero-order valence-corrected chi connectivity index (χ0v) is 10.2. The maximum absolute atomic E-state index is 13.1. The topological polar surface area (TPSA) is 9.23 Å². The molecule has 7 heteroatoms. The smallest absolute Gasteiger partial charge is 0.338 e. The second kappa shape index (κ2) is 4.39. The van der Waals surface area contributed by atoms with Crippen LogP contribution in [0.1, 0.15) is 0 Å². The Morgan fingerprint density at radius 3 is 2.21 bits per heavy atom. The van der Waals surface area contributed by atoms with E-state index in [9.17, 15) is 8.78 Å². The van der Waals surface area contributed by atoms with E-state index in [1.807, 2.05) is 0 Å². The van der Waals surface area contributed by atoms with Crippen LogP contribution in [-0.4, -0.2) is 3.98 Å². The van der Waals surface area contributed by atoms with E-state index >= 15 is 0 Å². The van der Waals surface area contributed by atoms with Crippen molar-refractivity contribution in [2.45, 2.75) is 3.98 Å². The van der Waals surface area contributed by atoms with E-state index in [2.05, 4.69) is 20.7 Å². The van der Waals surface area contributed by atoms with Crippen molar-refractivity contribution in [1.29, 1.82) is 0 Å². The number of halogens is 6. The van der Waals surface area contributed by atoms with Crippen LogP contribution >= 0.6 is 50.7 Å². The van der Waals surface area contributed by atoms with E-state index in [4.69, 9.17) is 34.8 Å². The van der Waals surface area contributed by atoms with E-state index in [1.165, 1.54) is 0 Å². The molecule has 0 aliphatic carbocycles.